The lowest BCUT2D eigenvalue weighted by Crippen LogP contribution is -2.12. The molecular formula is C19H14FN5O3. The molecule has 0 saturated carbocycles. The number of rotatable bonds is 6. The van der Waals surface area contributed by atoms with Crippen LogP contribution in [0.3, 0.4) is 0 Å². The first-order valence-corrected chi connectivity index (χ1v) is 8.23. The van der Waals surface area contributed by atoms with E-state index < -0.39 is 11.9 Å². The van der Waals surface area contributed by atoms with Gasteiger partial charge in [0.05, 0.1) is 23.6 Å². The van der Waals surface area contributed by atoms with Crippen molar-refractivity contribution in [3.8, 4) is 5.75 Å². The second-order valence-corrected chi connectivity index (χ2v) is 5.72. The van der Waals surface area contributed by atoms with Crippen LogP contribution in [-0.2, 0) is 4.84 Å². The van der Waals surface area contributed by atoms with Gasteiger partial charge in [-0.15, -0.1) is 10.2 Å². The summed E-state index contributed by atoms with van der Waals surface area (Å²) in [5.41, 5.74) is 2.00. The molecule has 3 aromatic heterocycles. The molecule has 0 bridgehead atoms. The third-order valence-electron chi connectivity index (χ3n) is 3.86. The van der Waals surface area contributed by atoms with E-state index in [1.165, 1.54) is 25.6 Å². The molecule has 0 radical (unpaired) electrons. The van der Waals surface area contributed by atoms with Crippen molar-refractivity contribution in [3.05, 3.63) is 78.2 Å². The molecule has 0 amide bonds. The van der Waals surface area contributed by atoms with Gasteiger partial charge in [0.2, 0.25) is 12.5 Å². The molecule has 0 saturated heterocycles. The van der Waals surface area contributed by atoms with Crippen LogP contribution in [0.15, 0.2) is 64.8 Å². The van der Waals surface area contributed by atoms with Crippen molar-refractivity contribution in [3.63, 3.8) is 0 Å². The van der Waals surface area contributed by atoms with Gasteiger partial charge >= 0.3 is 0 Å². The number of hydrogen-bond acceptors (Lipinski definition) is 8. The summed E-state index contributed by atoms with van der Waals surface area (Å²) < 4.78 is 24.6. The van der Waals surface area contributed by atoms with E-state index in [0.29, 0.717) is 11.4 Å². The van der Waals surface area contributed by atoms with E-state index in [2.05, 4.69) is 25.3 Å². The number of pyridine rings is 2. The van der Waals surface area contributed by atoms with Crippen LogP contribution >= 0.6 is 0 Å². The number of aromatic nitrogens is 4. The molecule has 0 N–H and O–H groups in total. The van der Waals surface area contributed by atoms with E-state index >= 15 is 0 Å². The summed E-state index contributed by atoms with van der Waals surface area (Å²) in [6, 6.07) is 10.1. The summed E-state index contributed by atoms with van der Waals surface area (Å²) >= 11 is 0. The molecule has 9 heteroatoms. The van der Waals surface area contributed by atoms with Gasteiger partial charge in [0.15, 0.2) is 0 Å². The number of oxime groups is 1. The lowest BCUT2D eigenvalue weighted by Gasteiger charge is -2.15. The minimum atomic E-state index is -0.785. The van der Waals surface area contributed by atoms with E-state index in [-0.39, 0.29) is 5.89 Å². The lowest BCUT2D eigenvalue weighted by molar-refractivity contribution is 0.203. The van der Waals surface area contributed by atoms with Crippen molar-refractivity contribution in [2.75, 3.05) is 7.11 Å². The van der Waals surface area contributed by atoms with Crippen LogP contribution in [0.25, 0.3) is 10.9 Å². The van der Waals surface area contributed by atoms with E-state index in [9.17, 15) is 4.39 Å². The Balaban J connectivity index is 1.68. The first kappa shape index (κ1) is 17.5. The number of hydrogen-bond donors (Lipinski definition) is 0. The average Bonchev–Trinajstić information content (AvgIpc) is 3.25. The second-order valence-electron chi connectivity index (χ2n) is 5.72. The van der Waals surface area contributed by atoms with Crippen molar-refractivity contribution < 1.29 is 18.4 Å². The van der Waals surface area contributed by atoms with E-state index in [1.807, 2.05) is 18.2 Å². The predicted octanol–water partition coefficient (Wildman–Crippen LogP) is 3.30. The molecule has 0 aliphatic heterocycles. The molecule has 1 unspecified atom stereocenters. The van der Waals surface area contributed by atoms with Crippen LogP contribution in [0.2, 0.25) is 0 Å². The molecule has 8 nitrogen and oxygen atoms in total. The number of fused-ring (bicyclic) bond motifs is 1. The van der Waals surface area contributed by atoms with Crippen LogP contribution in [0.4, 0.5) is 4.39 Å². The molecule has 0 spiro atoms. The molecular weight excluding hydrogens is 365 g/mol. The second kappa shape index (κ2) is 7.78. The highest BCUT2D eigenvalue weighted by molar-refractivity contribution is 5.88. The van der Waals surface area contributed by atoms with Gasteiger partial charge in [-0.05, 0) is 36.4 Å². The first-order valence-electron chi connectivity index (χ1n) is 8.23. The molecule has 140 valence electrons. The predicted molar refractivity (Wildman–Crippen MR) is 97.3 cm³/mol. The zero-order valence-electron chi connectivity index (χ0n) is 14.7. The normalized spacial score (nSPS) is 12.4. The van der Waals surface area contributed by atoms with Crippen LogP contribution in [0, 0.1) is 5.82 Å². The highest BCUT2D eigenvalue weighted by atomic mass is 19.1. The largest absolute Gasteiger partial charge is 0.474 e. The molecule has 1 atom stereocenters. The Morgan fingerprint density at radius 2 is 2.07 bits per heavy atom. The highest BCUT2D eigenvalue weighted by Gasteiger charge is 2.23. The quantitative estimate of drug-likeness (QED) is 0.375. The van der Waals surface area contributed by atoms with Gasteiger partial charge in [-0.2, -0.15) is 0 Å². The molecule has 1 aromatic carbocycles. The summed E-state index contributed by atoms with van der Waals surface area (Å²) in [7, 11) is 1.47. The van der Waals surface area contributed by atoms with Gasteiger partial charge in [-0.25, -0.2) is 4.39 Å². The van der Waals surface area contributed by atoms with E-state index in [0.717, 1.165) is 22.7 Å². The van der Waals surface area contributed by atoms with E-state index in [4.69, 9.17) is 14.0 Å². The Bertz CT molecular complexity index is 1100. The van der Waals surface area contributed by atoms with Gasteiger partial charge < -0.3 is 14.0 Å². The number of halogens is 1. The average molecular weight is 379 g/mol. The smallest absolute Gasteiger partial charge is 0.263 e. The number of nitrogens with zero attached hydrogens (tertiary/aromatic N) is 5. The molecule has 4 aromatic rings. The molecule has 0 fully saturated rings. The van der Waals surface area contributed by atoms with Gasteiger partial charge in [0.1, 0.15) is 18.7 Å². The SMILES string of the molecule is CO/N=C\c1cnc2ccc(OC(c3ccc(F)cn3)c3nnco3)cc2c1. The van der Waals surface area contributed by atoms with Gasteiger partial charge in [-0.3, -0.25) is 9.97 Å². The standard InChI is InChI=1S/C19H14FN5O3/c1-26-24-9-12-6-13-7-15(3-5-16(13)21-8-12)28-18(19-25-23-11-27-19)17-4-2-14(20)10-22-17/h2-11,18H,1H3/b24-9-. The molecule has 3 heterocycles. The summed E-state index contributed by atoms with van der Waals surface area (Å²) in [6.07, 6.45) is 4.76. The van der Waals surface area contributed by atoms with Crippen LogP contribution in [0.5, 0.6) is 5.75 Å². The minimum absolute atomic E-state index is 0.207. The van der Waals surface area contributed by atoms with Gasteiger partial charge in [-0.1, -0.05) is 5.16 Å². The lowest BCUT2D eigenvalue weighted by atomic mass is 10.1. The van der Waals surface area contributed by atoms with Crippen molar-refractivity contribution in [2.45, 2.75) is 6.10 Å². The fourth-order valence-electron chi connectivity index (χ4n) is 2.60. The zero-order valence-corrected chi connectivity index (χ0v) is 14.7. The molecule has 0 aliphatic rings. The minimum Gasteiger partial charge on any atom is -0.474 e. The zero-order chi connectivity index (χ0) is 19.3. The maximum absolute atomic E-state index is 13.2. The van der Waals surface area contributed by atoms with Crippen molar-refractivity contribution in [2.24, 2.45) is 5.16 Å². The maximum atomic E-state index is 13.2. The van der Waals surface area contributed by atoms with Crippen LogP contribution in [0.1, 0.15) is 23.3 Å². The monoisotopic (exact) mass is 379 g/mol. The van der Waals surface area contributed by atoms with Crippen molar-refractivity contribution in [1.29, 1.82) is 0 Å². The van der Waals surface area contributed by atoms with Gasteiger partial charge in [0.25, 0.3) is 5.89 Å². The van der Waals surface area contributed by atoms with E-state index in [1.54, 1.807) is 18.5 Å². The summed E-state index contributed by atoms with van der Waals surface area (Å²) in [6.45, 7) is 0. The summed E-state index contributed by atoms with van der Waals surface area (Å²) in [5, 5.41) is 12.2. The Morgan fingerprint density at radius 3 is 2.82 bits per heavy atom. The van der Waals surface area contributed by atoms with Gasteiger partial charge in [0, 0.05) is 17.1 Å². The Morgan fingerprint density at radius 1 is 1.14 bits per heavy atom. The number of ether oxygens (including phenoxy) is 1. The summed E-state index contributed by atoms with van der Waals surface area (Å²) in [5.74, 6) is 0.290. The van der Waals surface area contributed by atoms with Crippen LogP contribution < -0.4 is 4.74 Å². The molecule has 0 aliphatic carbocycles. The maximum Gasteiger partial charge on any atom is 0.263 e. The van der Waals surface area contributed by atoms with Crippen LogP contribution in [-0.4, -0.2) is 33.5 Å². The third kappa shape index (κ3) is 3.78. The summed E-state index contributed by atoms with van der Waals surface area (Å²) in [4.78, 5) is 13.1. The Kier molecular flexibility index (Phi) is 4.87. The highest BCUT2D eigenvalue weighted by Crippen LogP contribution is 2.28. The Hall–Kier alpha value is -3.88. The first-order chi connectivity index (χ1) is 13.7. The third-order valence-corrected chi connectivity index (χ3v) is 3.86. The fourth-order valence-corrected chi connectivity index (χ4v) is 2.60. The van der Waals surface area contributed by atoms with Crippen molar-refractivity contribution >= 4 is 17.1 Å². The fraction of sp³-hybridized carbons (Fsp3) is 0.105. The Labute approximate surface area is 158 Å². The number of benzene rings is 1. The van der Waals surface area contributed by atoms with Crippen molar-refractivity contribution in [1.82, 2.24) is 20.2 Å². The molecule has 4 rings (SSSR count). The molecule has 28 heavy (non-hydrogen) atoms. The topological polar surface area (TPSA) is 95.5 Å².